The number of hydrogen-bond donors (Lipinski definition) is 1. The highest BCUT2D eigenvalue weighted by Gasteiger charge is 2.38. The number of benzene rings is 1. The fraction of sp³-hybridized carbons (Fsp3) is 0.591. The van der Waals surface area contributed by atoms with Crippen LogP contribution in [0, 0.1) is 0 Å². The molecule has 0 aromatic heterocycles. The normalized spacial score (nSPS) is 20.6. The van der Waals surface area contributed by atoms with Crippen LogP contribution in [-0.2, 0) is 14.2 Å². The topological polar surface area (TPSA) is 94.2 Å². The fourth-order valence-corrected chi connectivity index (χ4v) is 3.73. The molecule has 9 heteroatoms. The third-order valence-corrected chi connectivity index (χ3v) is 5.39. The first-order chi connectivity index (χ1) is 14.8. The summed E-state index contributed by atoms with van der Waals surface area (Å²) < 4.78 is 16.5. The quantitative estimate of drug-likeness (QED) is 0.350. The van der Waals surface area contributed by atoms with Gasteiger partial charge in [0.15, 0.2) is 5.79 Å². The van der Waals surface area contributed by atoms with Crippen molar-refractivity contribution in [3.63, 3.8) is 0 Å². The van der Waals surface area contributed by atoms with Crippen molar-refractivity contribution < 1.29 is 28.6 Å². The van der Waals surface area contributed by atoms with Crippen LogP contribution in [0.3, 0.4) is 0 Å². The van der Waals surface area contributed by atoms with Gasteiger partial charge in [-0.3, -0.25) is 14.5 Å². The minimum atomic E-state index is -0.703. The lowest BCUT2D eigenvalue weighted by molar-refractivity contribution is -0.149. The summed E-state index contributed by atoms with van der Waals surface area (Å²) in [4.78, 5) is 37.9. The van der Waals surface area contributed by atoms with Crippen molar-refractivity contribution in [3.8, 4) is 0 Å². The van der Waals surface area contributed by atoms with Crippen LogP contribution in [0.1, 0.15) is 60.2 Å². The van der Waals surface area contributed by atoms with Gasteiger partial charge in [-0.25, -0.2) is 4.79 Å². The number of unbranched alkanes of at least 4 members (excludes halogenated alkanes) is 3. The van der Waals surface area contributed by atoms with Crippen molar-refractivity contribution in [2.24, 2.45) is 0 Å². The standard InChI is InChI=1S/C22H29BN2O6/c1-22(2)29-14-18(31-22)17(13-23)30-21(28)24-11-7-3-4-8-12-25-19(26)15-9-5-6-10-16(15)20(25)27/h5-6,9-10,17-18H,3-4,7-8,11-14H2,1-2H3,(H,24,28)/t17-,18-/m0/s1. The van der Waals surface area contributed by atoms with Gasteiger partial charge in [0.1, 0.15) is 12.2 Å². The van der Waals surface area contributed by atoms with Crippen LogP contribution in [0.25, 0.3) is 0 Å². The summed E-state index contributed by atoms with van der Waals surface area (Å²) in [5.74, 6) is -1.15. The summed E-state index contributed by atoms with van der Waals surface area (Å²) in [7, 11) is 5.71. The summed E-state index contributed by atoms with van der Waals surface area (Å²) >= 11 is 0. The summed E-state index contributed by atoms with van der Waals surface area (Å²) in [5.41, 5.74) is 0.952. The average molecular weight is 428 g/mol. The lowest BCUT2D eigenvalue weighted by Crippen LogP contribution is -2.38. The van der Waals surface area contributed by atoms with Gasteiger partial charge in [0.2, 0.25) is 0 Å². The fourth-order valence-electron chi connectivity index (χ4n) is 3.73. The Morgan fingerprint density at radius 1 is 1.19 bits per heavy atom. The van der Waals surface area contributed by atoms with Gasteiger partial charge in [-0.2, -0.15) is 0 Å². The van der Waals surface area contributed by atoms with Gasteiger partial charge >= 0.3 is 6.09 Å². The molecule has 0 aliphatic carbocycles. The van der Waals surface area contributed by atoms with Crippen LogP contribution in [0.5, 0.6) is 0 Å². The van der Waals surface area contributed by atoms with Crippen molar-refractivity contribution >= 4 is 25.8 Å². The average Bonchev–Trinajstić information content (AvgIpc) is 3.23. The first kappa shape index (κ1) is 23.3. The molecule has 3 rings (SSSR count). The highest BCUT2D eigenvalue weighted by atomic mass is 16.8. The number of rotatable bonds is 10. The van der Waals surface area contributed by atoms with E-state index in [1.165, 1.54) is 4.90 Å². The smallest absolute Gasteiger partial charge is 0.407 e. The van der Waals surface area contributed by atoms with Crippen molar-refractivity contribution in [1.82, 2.24) is 10.2 Å². The van der Waals surface area contributed by atoms with E-state index in [2.05, 4.69) is 5.32 Å². The molecule has 2 aliphatic heterocycles. The Kier molecular flexibility index (Phi) is 7.72. The van der Waals surface area contributed by atoms with Crippen LogP contribution >= 0.6 is 0 Å². The van der Waals surface area contributed by atoms with Gasteiger partial charge in [-0.05, 0) is 45.1 Å². The number of fused-ring (bicyclic) bond motifs is 1. The van der Waals surface area contributed by atoms with Gasteiger partial charge in [0.05, 0.1) is 25.6 Å². The van der Waals surface area contributed by atoms with E-state index in [0.717, 1.165) is 25.7 Å². The molecule has 1 N–H and O–H groups in total. The number of ether oxygens (including phenoxy) is 3. The number of nitrogens with one attached hydrogen (secondary N) is 1. The highest BCUT2D eigenvalue weighted by Crippen LogP contribution is 2.26. The molecule has 0 spiro atoms. The molecular formula is C22H29BN2O6. The molecule has 2 aliphatic rings. The van der Waals surface area contributed by atoms with E-state index in [0.29, 0.717) is 30.8 Å². The molecule has 0 bridgehead atoms. The minimum absolute atomic E-state index is 0.148. The largest absolute Gasteiger partial charge is 0.444 e. The summed E-state index contributed by atoms with van der Waals surface area (Å²) in [5, 5.41) is 2.72. The van der Waals surface area contributed by atoms with Crippen molar-refractivity contribution in [3.05, 3.63) is 35.4 Å². The molecule has 2 atom stereocenters. The molecule has 31 heavy (non-hydrogen) atoms. The number of carbonyl (C=O) groups is 3. The predicted molar refractivity (Wildman–Crippen MR) is 114 cm³/mol. The van der Waals surface area contributed by atoms with Gasteiger partial charge in [-0.15, -0.1) is 0 Å². The number of hydrogen-bond acceptors (Lipinski definition) is 6. The number of alkyl carbamates (subject to hydrolysis) is 1. The van der Waals surface area contributed by atoms with E-state index in [1.807, 2.05) is 0 Å². The van der Waals surface area contributed by atoms with Crippen LogP contribution in [0.4, 0.5) is 4.79 Å². The number of amides is 3. The SMILES string of the molecule is [B]C[C@H](OC(=O)NCCCCCCN1C(=O)c2ccccc2C1=O)[C@@H]1COC(C)(C)O1. The molecule has 2 radical (unpaired) electrons. The number of carbonyl (C=O) groups excluding carboxylic acids is 3. The Morgan fingerprint density at radius 2 is 1.84 bits per heavy atom. The van der Waals surface area contributed by atoms with Crippen LogP contribution in [0.2, 0.25) is 6.32 Å². The Bertz CT molecular complexity index is 780. The van der Waals surface area contributed by atoms with Crippen molar-refractivity contribution in [2.75, 3.05) is 19.7 Å². The lowest BCUT2D eigenvalue weighted by atomic mass is 9.96. The Labute approximate surface area is 184 Å². The molecular weight excluding hydrogens is 399 g/mol. The third kappa shape index (κ3) is 5.86. The monoisotopic (exact) mass is 428 g/mol. The van der Waals surface area contributed by atoms with E-state index in [4.69, 9.17) is 22.1 Å². The highest BCUT2D eigenvalue weighted by molar-refractivity contribution is 6.21. The Balaban J connectivity index is 1.27. The van der Waals surface area contributed by atoms with E-state index in [-0.39, 0.29) is 24.2 Å². The zero-order valence-electron chi connectivity index (χ0n) is 18.1. The Morgan fingerprint density at radius 3 is 2.42 bits per heavy atom. The maximum Gasteiger partial charge on any atom is 0.407 e. The Hall–Kier alpha value is -2.39. The zero-order chi connectivity index (χ0) is 22.4. The second kappa shape index (κ2) is 10.3. The van der Waals surface area contributed by atoms with Gasteiger partial charge in [0.25, 0.3) is 11.8 Å². The van der Waals surface area contributed by atoms with Gasteiger partial charge in [0, 0.05) is 13.1 Å². The maximum absolute atomic E-state index is 12.3. The first-order valence-corrected chi connectivity index (χ1v) is 10.7. The van der Waals surface area contributed by atoms with E-state index in [9.17, 15) is 14.4 Å². The molecule has 8 nitrogen and oxygen atoms in total. The van der Waals surface area contributed by atoms with Crippen LogP contribution in [-0.4, -0.2) is 68.3 Å². The van der Waals surface area contributed by atoms with Crippen molar-refractivity contribution in [2.45, 2.75) is 63.8 Å². The number of nitrogens with zero attached hydrogens (tertiary/aromatic N) is 1. The second-order valence-electron chi connectivity index (χ2n) is 8.20. The maximum atomic E-state index is 12.3. The molecule has 0 unspecified atom stereocenters. The molecule has 1 aromatic rings. The molecule has 1 aromatic carbocycles. The zero-order valence-corrected chi connectivity index (χ0v) is 18.1. The van der Waals surface area contributed by atoms with Crippen LogP contribution in [0.15, 0.2) is 24.3 Å². The molecule has 3 amide bonds. The van der Waals surface area contributed by atoms with Crippen molar-refractivity contribution in [1.29, 1.82) is 0 Å². The minimum Gasteiger partial charge on any atom is -0.444 e. The molecule has 1 saturated heterocycles. The van der Waals surface area contributed by atoms with E-state index >= 15 is 0 Å². The van der Waals surface area contributed by atoms with Crippen LogP contribution < -0.4 is 5.32 Å². The van der Waals surface area contributed by atoms with E-state index < -0.39 is 18.0 Å². The molecule has 2 heterocycles. The van der Waals surface area contributed by atoms with Gasteiger partial charge < -0.3 is 19.5 Å². The summed E-state index contributed by atoms with van der Waals surface area (Å²) in [6.45, 7) is 4.80. The molecule has 1 fully saturated rings. The summed E-state index contributed by atoms with van der Waals surface area (Å²) in [6.07, 6.45) is 1.86. The lowest BCUT2D eigenvalue weighted by Gasteiger charge is -2.23. The first-order valence-electron chi connectivity index (χ1n) is 10.7. The van der Waals surface area contributed by atoms with E-state index in [1.54, 1.807) is 38.1 Å². The predicted octanol–water partition coefficient (Wildman–Crippen LogP) is 2.68. The third-order valence-electron chi connectivity index (χ3n) is 5.39. The number of imide groups is 1. The molecule has 0 saturated carbocycles. The van der Waals surface area contributed by atoms with Gasteiger partial charge in [-0.1, -0.05) is 25.0 Å². The molecule has 166 valence electrons. The summed E-state index contributed by atoms with van der Waals surface area (Å²) in [6, 6.07) is 6.89. The second-order valence-corrected chi connectivity index (χ2v) is 8.20.